The van der Waals surface area contributed by atoms with Gasteiger partial charge in [-0.1, -0.05) is 66.2 Å². The fourth-order valence-electron chi connectivity index (χ4n) is 4.72. The summed E-state index contributed by atoms with van der Waals surface area (Å²) in [5.41, 5.74) is 4.01. The van der Waals surface area contributed by atoms with Crippen molar-refractivity contribution in [1.82, 2.24) is 4.31 Å². The van der Waals surface area contributed by atoms with E-state index >= 15 is 0 Å². The van der Waals surface area contributed by atoms with Gasteiger partial charge in [-0.3, -0.25) is 0 Å². The Morgan fingerprint density at radius 3 is 2.36 bits per heavy atom. The molecule has 0 amide bonds. The van der Waals surface area contributed by atoms with Crippen molar-refractivity contribution in [3.63, 3.8) is 0 Å². The summed E-state index contributed by atoms with van der Waals surface area (Å²) in [5.74, 6) is 0. The van der Waals surface area contributed by atoms with E-state index in [1.807, 2.05) is 55.5 Å². The number of anilines is 1. The Morgan fingerprint density at radius 2 is 1.61 bits per heavy atom. The lowest BCUT2D eigenvalue weighted by molar-refractivity contribution is 0.376. The van der Waals surface area contributed by atoms with Gasteiger partial charge in [-0.15, -0.1) is 0 Å². The van der Waals surface area contributed by atoms with E-state index in [9.17, 15) is 8.42 Å². The van der Waals surface area contributed by atoms with Gasteiger partial charge in [-0.25, -0.2) is 8.42 Å². The smallest absolute Gasteiger partial charge is 0.244 e. The van der Waals surface area contributed by atoms with Crippen LogP contribution in [0.3, 0.4) is 0 Å². The molecule has 5 rings (SSSR count). The SMILES string of the molecule is Cc1ccc(S(=O)(=O)N2CC[C@@]3(c4ccccc4)c4ccccc4N[C@@H]23)cc1. The quantitative estimate of drug-likeness (QED) is 0.732. The van der Waals surface area contributed by atoms with Crippen molar-refractivity contribution < 1.29 is 8.42 Å². The fourth-order valence-corrected chi connectivity index (χ4v) is 6.31. The average Bonchev–Trinajstić information content (AvgIpc) is 3.24. The second-order valence-corrected chi connectivity index (χ2v) is 9.50. The molecule has 0 aromatic heterocycles. The molecule has 3 aromatic rings. The fraction of sp³-hybridized carbons (Fsp3) is 0.217. The molecule has 28 heavy (non-hydrogen) atoms. The van der Waals surface area contributed by atoms with Gasteiger partial charge in [-0.05, 0) is 42.7 Å². The molecule has 0 radical (unpaired) electrons. The lowest BCUT2D eigenvalue weighted by Gasteiger charge is -2.33. The van der Waals surface area contributed by atoms with Crippen LogP contribution in [0.4, 0.5) is 5.69 Å². The summed E-state index contributed by atoms with van der Waals surface area (Å²) < 4.78 is 28.6. The van der Waals surface area contributed by atoms with E-state index in [0.717, 1.165) is 23.2 Å². The topological polar surface area (TPSA) is 49.4 Å². The first-order chi connectivity index (χ1) is 13.5. The van der Waals surface area contributed by atoms with E-state index < -0.39 is 10.0 Å². The monoisotopic (exact) mass is 390 g/mol. The van der Waals surface area contributed by atoms with Gasteiger partial charge in [0, 0.05) is 12.2 Å². The molecule has 5 heteroatoms. The molecule has 0 aliphatic carbocycles. The Kier molecular flexibility index (Phi) is 3.86. The Labute approximate surface area is 165 Å². The highest BCUT2D eigenvalue weighted by atomic mass is 32.2. The minimum Gasteiger partial charge on any atom is -0.367 e. The van der Waals surface area contributed by atoms with Gasteiger partial charge in [0.15, 0.2) is 0 Å². The summed E-state index contributed by atoms with van der Waals surface area (Å²) in [6, 6.07) is 25.6. The summed E-state index contributed by atoms with van der Waals surface area (Å²) in [5, 5.41) is 3.52. The first-order valence-corrected chi connectivity index (χ1v) is 11.0. The van der Waals surface area contributed by atoms with Gasteiger partial charge in [0.1, 0.15) is 6.17 Å². The molecule has 0 spiro atoms. The summed E-state index contributed by atoms with van der Waals surface area (Å²) in [7, 11) is -3.60. The predicted octanol–water partition coefficient (Wildman–Crippen LogP) is 4.13. The van der Waals surface area contributed by atoms with Crippen molar-refractivity contribution in [2.45, 2.75) is 29.8 Å². The van der Waals surface area contributed by atoms with Crippen LogP contribution >= 0.6 is 0 Å². The summed E-state index contributed by atoms with van der Waals surface area (Å²) in [4.78, 5) is 0.347. The number of hydrogen-bond donors (Lipinski definition) is 1. The number of fused-ring (bicyclic) bond motifs is 3. The van der Waals surface area contributed by atoms with Crippen molar-refractivity contribution in [3.05, 3.63) is 95.6 Å². The highest BCUT2D eigenvalue weighted by Gasteiger charge is 2.57. The Balaban J connectivity index is 1.65. The third-order valence-electron chi connectivity index (χ3n) is 6.10. The normalized spacial score (nSPS) is 23.8. The van der Waals surface area contributed by atoms with Crippen LogP contribution in [-0.4, -0.2) is 25.4 Å². The molecule has 2 atom stereocenters. The lowest BCUT2D eigenvalue weighted by atomic mass is 9.73. The summed E-state index contributed by atoms with van der Waals surface area (Å²) in [6.07, 6.45) is 0.412. The second kappa shape index (κ2) is 6.19. The lowest BCUT2D eigenvalue weighted by Crippen LogP contribution is -2.46. The number of aryl methyl sites for hydroxylation is 1. The molecule has 1 saturated heterocycles. The zero-order chi connectivity index (χ0) is 19.4. The van der Waals surface area contributed by atoms with Crippen LogP contribution in [0.15, 0.2) is 83.8 Å². The van der Waals surface area contributed by atoms with Crippen LogP contribution in [0.2, 0.25) is 0 Å². The Bertz CT molecular complexity index is 1130. The molecule has 1 N–H and O–H groups in total. The molecule has 2 heterocycles. The van der Waals surface area contributed by atoms with Crippen LogP contribution in [0.5, 0.6) is 0 Å². The van der Waals surface area contributed by atoms with E-state index in [1.165, 1.54) is 5.56 Å². The number of nitrogens with one attached hydrogen (secondary N) is 1. The van der Waals surface area contributed by atoms with Gasteiger partial charge in [0.25, 0.3) is 0 Å². The van der Waals surface area contributed by atoms with Crippen molar-refractivity contribution in [1.29, 1.82) is 0 Å². The van der Waals surface area contributed by atoms with Crippen LogP contribution in [0, 0.1) is 6.92 Å². The van der Waals surface area contributed by atoms with Crippen molar-refractivity contribution >= 4 is 15.7 Å². The zero-order valence-corrected chi connectivity index (χ0v) is 16.5. The van der Waals surface area contributed by atoms with Gasteiger partial charge in [-0.2, -0.15) is 4.31 Å². The summed E-state index contributed by atoms with van der Waals surface area (Å²) >= 11 is 0. The molecule has 0 unspecified atom stereocenters. The first-order valence-electron chi connectivity index (χ1n) is 9.53. The van der Waals surface area contributed by atoms with E-state index in [0.29, 0.717) is 11.4 Å². The van der Waals surface area contributed by atoms with Gasteiger partial charge in [0.2, 0.25) is 10.0 Å². The zero-order valence-electron chi connectivity index (χ0n) is 15.7. The van der Waals surface area contributed by atoms with Crippen LogP contribution < -0.4 is 5.32 Å². The number of nitrogens with zero attached hydrogens (tertiary/aromatic N) is 1. The molecular weight excluding hydrogens is 368 g/mol. The number of rotatable bonds is 3. The number of sulfonamides is 1. The van der Waals surface area contributed by atoms with Crippen LogP contribution in [0.1, 0.15) is 23.1 Å². The maximum Gasteiger partial charge on any atom is 0.244 e. The second-order valence-electron chi connectivity index (χ2n) is 7.61. The highest BCUT2D eigenvalue weighted by molar-refractivity contribution is 7.89. The molecule has 3 aromatic carbocycles. The number of para-hydroxylation sites is 1. The van der Waals surface area contributed by atoms with Gasteiger partial charge in [0.05, 0.1) is 10.3 Å². The van der Waals surface area contributed by atoms with Crippen LogP contribution in [-0.2, 0) is 15.4 Å². The standard InChI is InChI=1S/C23H22N2O2S/c1-17-11-13-19(14-12-17)28(26,27)25-16-15-23(18-7-3-2-4-8-18)20-9-5-6-10-21(20)24-22(23)25/h2-14,22,24H,15-16H2,1H3/t22-,23+/m0/s1. The van der Waals surface area contributed by atoms with Crippen molar-refractivity contribution in [3.8, 4) is 0 Å². The largest absolute Gasteiger partial charge is 0.367 e. The van der Waals surface area contributed by atoms with Crippen molar-refractivity contribution in [2.75, 3.05) is 11.9 Å². The van der Waals surface area contributed by atoms with E-state index in [-0.39, 0.29) is 11.6 Å². The molecule has 1 fully saturated rings. The van der Waals surface area contributed by atoms with Crippen LogP contribution in [0.25, 0.3) is 0 Å². The van der Waals surface area contributed by atoms with Gasteiger partial charge >= 0.3 is 0 Å². The van der Waals surface area contributed by atoms with E-state index in [1.54, 1.807) is 16.4 Å². The third kappa shape index (κ3) is 2.36. The third-order valence-corrected chi connectivity index (χ3v) is 7.98. The number of benzene rings is 3. The number of hydrogen-bond acceptors (Lipinski definition) is 3. The van der Waals surface area contributed by atoms with E-state index in [4.69, 9.17) is 0 Å². The first kappa shape index (κ1) is 17.5. The van der Waals surface area contributed by atoms with Crippen molar-refractivity contribution in [2.24, 2.45) is 0 Å². The van der Waals surface area contributed by atoms with Gasteiger partial charge < -0.3 is 5.32 Å². The predicted molar refractivity (Wildman–Crippen MR) is 111 cm³/mol. The molecule has 142 valence electrons. The molecule has 4 nitrogen and oxygen atoms in total. The molecule has 2 aliphatic heterocycles. The Hall–Kier alpha value is -2.63. The molecule has 0 bridgehead atoms. The summed E-state index contributed by atoms with van der Waals surface area (Å²) in [6.45, 7) is 2.44. The molecule has 0 saturated carbocycles. The minimum absolute atomic E-state index is 0.335. The molecule has 2 aliphatic rings. The maximum absolute atomic E-state index is 13.5. The highest BCUT2D eigenvalue weighted by Crippen LogP contribution is 2.53. The Morgan fingerprint density at radius 1 is 0.929 bits per heavy atom. The van der Waals surface area contributed by atoms with E-state index in [2.05, 4.69) is 23.5 Å². The average molecular weight is 391 g/mol. The maximum atomic E-state index is 13.5. The molecular formula is C23H22N2O2S. The minimum atomic E-state index is -3.60.